The van der Waals surface area contributed by atoms with E-state index in [1.54, 1.807) is 42.6 Å². The summed E-state index contributed by atoms with van der Waals surface area (Å²) in [6.45, 7) is 5.52. The zero-order valence-electron chi connectivity index (χ0n) is 43.8. The van der Waals surface area contributed by atoms with Gasteiger partial charge in [-0.1, -0.05) is 74.4 Å². The zero-order valence-corrected chi connectivity index (χ0v) is 43.8. The van der Waals surface area contributed by atoms with Crippen LogP contribution >= 0.6 is 0 Å². The van der Waals surface area contributed by atoms with Crippen molar-refractivity contribution in [1.82, 2.24) is 52.4 Å². The molecule has 5 rings (SSSR count). The van der Waals surface area contributed by atoms with Gasteiger partial charge in [0, 0.05) is 68.8 Å². The molecule has 3 heterocycles. The highest BCUT2D eigenvalue weighted by Crippen LogP contribution is 2.23. The van der Waals surface area contributed by atoms with Crippen molar-refractivity contribution >= 4 is 70.0 Å². The van der Waals surface area contributed by atoms with E-state index in [-0.39, 0.29) is 95.7 Å². The molecule has 2 aromatic carbocycles. The van der Waals surface area contributed by atoms with Crippen LogP contribution in [0.4, 0.5) is 0 Å². The van der Waals surface area contributed by atoms with Gasteiger partial charge in [-0.15, -0.1) is 6.58 Å². The Morgan fingerprint density at radius 3 is 2.27 bits per heavy atom. The quantitative estimate of drug-likeness (QED) is 0.0332. The number of guanidine groups is 1. The lowest BCUT2D eigenvalue weighted by molar-refractivity contribution is -0.143. The van der Waals surface area contributed by atoms with E-state index in [2.05, 4.69) is 54.1 Å². The van der Waals surface area contributed by atoms with Gasteiger partial charge in [0.25, 0.3) is 0 Å². The van der Waals surface area contributed by atoms with Crippen LogP contribution in [-0.2, 0) is 56.0 Å². The molecular weight excluding hydrogens is 991 g/mol. The topological polar surface area (TPSA) is 365 Å². The number of allylic oxidation sites excluding steroid dienone is 1. The van der Waals surface area contributed by atoms with Crippen LogP contribution in [0.5, 0.6) is 0 Å². The predicted molar refractivity (Wildman–Crippen MR) is 288 cm³/mol. The average Bonchev–Trinajstić information content (AvgIpc) is 4.02. The maximum Gasteiger partial charge on any atom is 0.245 e. The van der Waals surface area contributed by atoms with E-state index < -0.39 is 95.7 Å². The number of primary amides is 1. The van der Waals surface area contributed by atoms with Gasteiger partial charge in [-0.05, 0) is 75.0 Å². The summed E-state index contributed by atoms with van der Waals surface area (Å²) >= 11 is 0. The molecule has 0 aliphatic carbocycles. The van der Waals surface area contributed by atoms with E-state index in [1.165, 1.54) is 0 Å². The Bertz CT molecular complexity index is 2540. The molecule has 23 nitrogen and oxygen atoms in total. The summed E-state index contributed by atoms with van der Waals surface area (Å²) in [5, 5.41) is 41.5. The highest BCUT2D eigenvalue weighted by atomic mass is 16.3. The van der Waals surface area contributed by atoms with Gasteiger partial charge >= 0.3 is 0 Å². The van der Waals surface area contributed by atoms with Crippen LogP contribution in [0, 0.1) is 5.41 Å². The highest BCUT2D eigenvalue weighted by Gasteiger charge is 2.43. The molecular formula is C54H77N13O10. The number of carbonyl (C=O) groups excluding carboxylic acids is 9. The first kappa shape index (κ1) is 60.0. The minimum absolute atomic E-state index is 0.0474. The SMILES string of the molecule is C=CCCCC(=O)N[C@@H](CCCC)C(=O)N[C@H]1CCC(=O)NCCCC[C@@H](C(N)=O)NC(=O)[C@H](Cc2c[nH]c3ccccc23)NC(=O)[C@H](CCCNC(=N)N)NC(=O)[C@@H](Cc2ccccc2)NC(=O)[C@@H]2CC(O)CN2C1=O. The number of aromatic nitrogens is 1. The molecule has 77 heavy (non-hydrogen) atoms. The number of para-hydroxylation sites is 1. The Labute approximate surface area is 448 Å². The number of H-pyrrole nitrogens is 1. The molecule has 418 valence electrons. The number of rotatable bonds is 19. The van der Waals surface area contributed by atoms with E-state index in [1.807, 2.05) is 31.2 Å². The van der Waals surface area contributed by atoms with E-state index in [0.717, 1.165) is 15.8 Å². The predicted octanol–water partition coefficient (Wildman–Crippen LogP) is 0.199. The average molecular weight is 1070 g/mol. The van der Waals surface area contributed by atoms with Gasteiger partial charge < -0.3 is 69.0 Å². The first-order valence-electron chi connectivity index (χ1n) is 26.6. The first-order chi connectivity index (χ1) is 37.0. The molecule has 9 amide bonds. The number of nitrogens with one attached hydrogen (secondary N) is 10. The van der Waals surface area contributed by atoms with Gasteiger partial charge in [-0.2, -0.15) is 0 Å². The van der Waals surface area contributed by atoms with Crippen molar-refractivity contribution in [1.29, 1.82) is 5.41 Å². The second-order valence-corrected chi connectivity index (χ2v) is 19.7. The Kier molecular flexibility index (Phi) is 23.9. The summed E-state index contributed by atoms with van der Waals surface area (Å²) in [6.07, 6.45) is 4.83. The number of nitrogens with two attached hydrogens (primary N) is 2. The smallest absolute Gasteiger partial charge is 0.245 e. The lowest BCUT2D eigenvalue weighted by atomic mass is 10.0. The monoisotopic (exact) mass is 1070 g/mol. The molecule has 2 aliphatic rings. The van der Waals surface area contributed by atoms with Crippen LogP contribution in [-0.4, -0.2) is 142 Å². The van der Waals surface area contributed by atoms with Gasteiger partial charge in [0.15, 0.2) is 5.96 Å². The van der Waals surface area contributed by atoms with E-state index in [4.69, 9.17) is 16.9 Å². The van der Waals surface area contributed by atoms with Crippen molar-refractivity contribution in [2.75, 3.05) is 19.6 Å². The van der Waals surface area contributed by atoms with Crippen LogP contribution in [0.3, 0.4) is 0 Å². The number of hydrogen-bond acceptors (Lipinski definition) is 11. The standard InChI is InChI=1S/C54H77N13O10/c1-3-5-8-23-46(70)61-39(19-6-4-2)48(72)64-41-24-25-45(69)58-26-14-13-21-38(47(55)71)62-51(75)43(29-34-31-60-37-20-12-11-18-36(34)37)65-49(73)40(22-15-27-59-54(56)57)63-50(74)42(28-33-16-9-7-10-17-33)66-52(76)44-30-35(68)32-67(44)53(41)77/h3,7,9-12,16-18,20,31,35,38-44,60,68H,1,4-6,8,13-15,19,21-30,32H2,2H3,(H2,55,71)(H,58,69)(H,61,70)(H,62,75)(H,63,74)(H,64,72)(H,65,73)(H,66,76)(H4,56,57,59)/t35?,38-,39-,40-,41-,42+,43-,44-/m0/s1. The van der Waals surface area contributed by atoms with Crippen molar-refractivity contribution in [3.8, 4) is 0 Å². The second kappa shape index (κ2) is 30.7. The highest BCUT2D eigenvalue weighted by molar-refractivity contribution is 5.98. The van der Waals surface area contributed by atoms with Gasteiger partial charge in [-0.25, -0.2) is 0 Å². The third kappa shape index (κ3) is 19.1. The summed E-state index contributed by atoms with van der Waals surface area (Å²) in [5.41, 5.74) is 13.4. The third-order valence-electron chi connectivity index (χ3n) is 13.6. The molecule has 2 fully saturated rings. The van der Waals surface area contributed by atoms with E-state index in [9.17, 15) is 48.3 Å². The summed E-state index contributed by atoms with van der Waals surface area (Å²) < 4.78 is 0. The molecule has 2 saturated heterocycles. The fourth-order valence-electron chi connectivity index (χ4n) is 9.41. The van der Waals surface area contributed by atoms with Crippen molar-refractivity contribution in [3.05, 3.63) is 84.6 Å². The number of aliphatic hydroxyl groups excluding tert-OH is 1. The number of benzene rings is 2. The maximum atomic E-state index is 14.8. The summed E-state index contributed by atoms with van der Waals surface area (Å²) in [7, 11) is 0. The Morgan fingerprint density at radius 1 is 0.857 bits per heavy atom. The Hall–Kier alpha value is -7.82. The molecule has 2 aliphatic heterocycles. The molecule has 1 aromatic heterocycles. The molecule has 8 atom stereocenters. The Morgan fingerprint density at radius 2 is 1.55 bits per heavy atom. The van der Waals surface area contributed by atoms with Crippen molar-refractivity contribution in [2.45, 2.75) is 158 Å². The summed E-state index contributed by atoms with van der Waals surface area (Å²) in [5.74, 6) is -6.68. The summed E-state index contributed by atoms with van der Waals surface area (Å²) in [6, 6.07) is 6.95. The van der Waals surface area contributed by atoms with Crippen LogP contribution in [0.2, 0.25) is 0 Å². The fourth-order valence-corrected chi connectivity index (χ4v) is 9.41. The van der Waals surface area contributed by atoms with Gasteiger partial charge in [0.2, 0.25) is 53.2 Å². The van der Waals surface area contributed by atoms with E-state index in [0.29, 0.717) is 49.7 Å². The number of hydrogen-bond donors (Lipinski definition) is 13. The molecule has 0 saturated carbocycles. The molecule has 1 unspecified atom stereocenters. The lowest BCUT2D eigenvalue weighted by Crippen LogP contribution is -2.60. The number of carbonyl (C=O) groups is 9. The minimum atomic E-state index is -1.42. The molecule has 0 radical (unpaired) electrons. The van der Waals surface area contributed by atoms with Gasteiger partial charge in [0.1, 0.15) is 42.3 Å². The molecule has 0 spiro atoms. The molecule has 15 N–H and O–H groups in total. The zero-order chi connectivity index (χ0) is 55.9. The van der Waals surface area contributed by atoms with Crippen LogP contribution in [0.1, 0.15) is 108 Å². The number of fused-ring (bicyclic) bond motifs is 2. The molecule has 3 aromatic rings. The lowest BCUT2D eigenvalue weighted by Gasteiger charge is -2.31. The third-order valence-corrected chi connectivity index (χ3v) is 13.6. The number of unbranched alkanes of at least 4 members (excludes halogenated alkanes) is 2. The number of amides is 9. The second-order valence-electron chi connectivity index (χ2n) is 19.7. The van der Waals surface area contributed by atoms with Crippen LogP contribution in [0.15, 0.2) is 73.4 Å². The molecule has 23 heteroatoms. The normalized spacial score (nSPS) is 22.9. The van der Waals surface area contributed by atoms with Crippen LogP contribution in [0.25, 0.3) is 10.9 Å². The number of aromatic amines is 1. The minimum Gasteiger partial charge on any atom is -0.391 e. The van der Waals surface area contributed by atoms with Crippen molar-refractivity contribution in [2.24, 2.45) is 11.5 Å². The van der Waals surface area contributed by atoms with Gasteiger partial charge in [0.05, 0.1) is 6.10 Å². The van der Waals surface area contributed by atoms with E-state index >= 15 is 0 Å². The maximum absolute atomic E-state index is 14.8. The summed E-state index contributed by atoms with van der Waals surface area (Å²) in [4.78, 5) is 131. The number of nitrogens with zero attached hydrogens (tertiary/aromatic N) is 1. The first-order valence-corrected chi connectivity index (χ1v) is 26.6. The van der Waals surface area contributed by atoms with Gasteiger partial charge in [-0.3, -0.25) is 48.6 Å². The fraction of sp³-hybridized carbons (Fsp3) is 0.519. The van der Waals surface area contributed by atoms with Crippen molar-refractivity contribution < 1.29 is 48.3 Å². The molecule has 0 bridgehead atoms. The van der Waals surface area contributed by atoms with Crippen molar-refractivity contribution in [3.63, 3.8) is 0 Å². The number of aliphatic hydroxyl groups is 1. The largest absolute Gasteiger partial charge is 0.391 e. The van der Waals surface area contributed by atoms with Crippen LogP contribution < -0.4 is 54.0 Å². The Balaban J connectivity index is 1.51.